The van der Waals surface area contributed by atoms with E-state index in [4.69, 9.17) is 4.74 Å². The quantitative estimate of drug-likeness (QED) is 0.321. The van der Waals surface area contributed by atoms with E-state index in [-0.39, 0.29) is 17.7 Å². The average Bonchev–Trinajstić information content (AvgIpc) is 3.41. The molecule has 0 spiro atoms. The van der Waals surface area contributed by atoms with Crippen molar-refractivity contribution in [3.05, 3.63) is 65.6 Å². The Morgan fingerprint density at radius 1 is 1.15 bits per heavy atom. The van der Waals surface area contributed by atoms with Gasteiger partial charge in [0.25, 0.3) is 5.91 Å². The van der Waals surface area contributed by atoms with Crippen molar-refractivity contribution < 1.29 is 19.4 Å². The highest BCUT2D eigenvalue weighted by molar-refractivity contribution is 6.06. The van der Waals surface area contributed by atoms with Crippen LogP contribution < -0.4 is 19.9 Å². The standard InChI is InChI=1S/C29H34N6O4/c1-30-25-6-4-23(37)15-21(25)7-11-34(19-36)22-9-12-33(13-10-22)28-17-26(31-18-32-28)29(38)35-14-8-20-3-5-24(39-2)16-27(20)35/h3-6,15-19,22,30,37H,7-14H2,1-2H3. The summed E-state index contributed by atoms with van der Waals surface area (Å²) in [4.78, 5) is 39.8. The molecule has 39 heavy (non-hydrogen) atoms. The Labute approximate surface area is 228 Å². The molecule has 3 aromatic rings. The van der Waals surface area contributed by atoms with Gasteiger partial charge in [0, 0.05) is 57.1 Å². The number of piperidine rings is 1. The lowest BCUT2D eigenvalue weighted by Crippen LogP contribution is -2.45. The van der Waals surface area contributed by atoms with Gasteiger partial charge in [0.15, 0.2) is 0 Å². The Hall–Kier alpha value is -4.34. The molecule has 0 aliphatic carbocycles. The number of amides is 2. The Balaban J connectivity index is 1.21. The van der Waals surface area contributed by atoms with Crippen molar-refractivity contribution in [1.29, 1.82) is 0 Å². The van der Waals surface area contributed by atoms with Crippen LogP contribution in [0.4, 0.5) is 17.2 Å². The number of fused-ring (bicyclic) bond motifs is 1. The molecule has 1 aromatic heterocycles. The summed E-state index contributed by atoms with van der Waals surface area (Å²) in [7, 11) is 3.46. The van der Waals surface area contributed by atoms with Gasteiger partial charge in [0.05, 0.1) is 12.8 Å². The van der Waals surface area contributed by atoms with E-state index in [1.165, 1.54) is 6.33 Å². The summed E-state index contributed by atoms with van der Waals surface area (Å²) >= 11 is 0. The highest BCUT2D eigenvalue weighted by Crippen LogP contribution is 2.33. The summed E-state index contributed by atoms with van der Waals surface area (Å²) in [5.41, 5.74) is 4.25. The first kappa shape index (κ1) is 26.3. The van der Waals surface area contributed by atoms with E-state index in [0.717, 1.165) is 61.3 Å². The number of nitrogens with zero attached hydrogens (tertiary/aromatic N) is 5. The van der Waals surface area contributed by atoms with Crippen LogP contribution in [0.1, 0.15) is 34.5 Å². The van der Waals surface area contributed by atoms with Crippen LogP contribution in [-0.2, 0) is 17.6 Å². The number of aromatic nitrogens is 2. The van der Waals surface area contributed by atoms with Gasteiger partial charge in [-0.15, -0.1) is 0 Å². The number of hydrogen-bond donors (Lipinski definition) is 2. The molecule has 10 nitrogen and oxygen atoms in total. The third-order valence-electron chi connectivity index (χ3n) is 7.70. The molecule has 2 aliphatic heterocycles. The van der Waals surface area contributed by atoms with Crippen molar-refractivity contribution in [3.8, 4) is 11.5 Å². The molecule has 2 aliphatic rings. The average molecular weight is 531 g/mol. The van der Waals surface area contributed by atoms with Crippen LogP contribution in [0.3, 0.4) is 0 Å². The topological polar surface area (TPSA) is 111 Å². The summed E-state index contributed by atoms with van der Waals surface area (Å²) < 4.78 is 5.35. The number of rotatable bonds is 9. The molecule has 0 radical (unpaired) electrons. The first-order valence-electron chi connectivity index (χ1n) is 13.3. The monoisotopic (exact) mass is 530 g/mol. The second kappa shape index (κ2) is 11.6. The molecule has 0 saturated carbocycles. The third-order valence-corrected chi connectivity index (χ3v) is 7.70. The molecule has 2 N–H and O–H groups in total. The summed E-state index contributed by atoms with van der Waals surface area (Å²) in [5.74, 6) is 1.49. The lowest BCUT2D eigenvalue weighted by molar-refractivity contribution is -0.120. The highest BCUT2D eigenvalue weighted by Gasteiger charge is 2.29. The van der Waals surface area contributed by atoms with Gasteiger partial charge in [-0.1, -0.05) is 6.07 Å². The minimum atomic E-state index is -0.152. The number of aromatic hydroxyl groups is 1. The van der Waals surface area contributed by atoms with Crippen molar-refractivity contribution in [2.24, 2.45) is 0 Å². The van der Waals surface area contributed by atoms with Crippen LogP contribution in [0.25, 0.3) is 0 Å². The maximum absolute atomic E-state index is 13.4. The fraction of sp³-hybridized carbons (Fsp3) is 0.379. The Morgan fingerprint density at radius 3 is 2.72 bits per heavy atom. The fourth-order valence-electron chi connectivity index (χ4n) is 5.50. The van der Waals surface area contributed by atoms with E-state index in [1.807, 2.05) is 36.2 Å². The number of carbonyl (C=O) groups is 2. The molecule has 0 unspecified atom stereocenters. The van der Waals surface area contributed by atoms with Gasteiger partial charge in [0.2, 0.25) is 6.41 Å². The number of anilines is 3. The number of methoxy groups -OCH3 is 1. The molecular formula is C29H34N6O4. The predicted molar refractivity (Wildman–Crippen MR) is 150 cm³/mol. The lowest BCUT2D eigenvalue weighted by Gasteiger charge is -2.37. The maximum atomic E-state index is 13.4. The van der Waals surface area contributed by atoms with Crippen molar-refractivity contribution in [1.82, 2.24) is 14.9 Å². The van der Waals surface area contributed by atoms with Gasteiger partial charge in [-0.05, 0) is 61.1 Å². The van der Waals surface area contributed by atoms with Gasteiger partial charge in [-0.3, -0.25) is 9.59 Å². The Kier molecular flexibility index (Phi) is 7.81. The van der Waals surface area contributed by atoms with Crippen molar-refractivity contribution in [3.63, 3.8) is 0 Å². The van der Waals surface area contributed by atoms with E-state index >= 15 is 0 Å². The van der Waals surface area contributed by atoms with E-state index in [0.29, 0.717) is 36.8 Å². The van der Waals surface area contributed by atoms with Crippen LogP contribution in [0.2, 0.25) is 0 Å². The zero-order valence-corrected chi connectivity index (χ0v) is 22.3. The van der Waals surface area contributed by atoms with Crippen molar-refractivity contribution in [2.75, 3.05) is 55.5 Å². The van der Waals surface area contributed by atoms with Crippen molar-refractivity contribution >= 4 is 29.5 Å². The van der Waals surface area contributed by atoms with E-state index in [1.54, 1.807) is 30.2 Å². The largest absolute Gasteiger partial charge is 0.508 e. The number of nitrogens with one attached hydrogen (secondary N) is 1. The van der Waals surface area contributed by atoms with Gasteiger partial charge in [-0.2, -0.15) is 0 Å². The molecule has 2 amide bonds. The number of carbonyl (C=O) groups excluding carboxylic acids is 2. The summed E-state index contributed by atoms with van der Waals surface area (Å²) in [6.07, 6.45) is 5.41. The molecule has 10 heteroatoms. The normalized spacial score (nSPS) is 15.1. The molecule has 1 fully saturated rings. The third kappa shape index (κ3) is 5.59. The fourth-order valence-corrected chi connectivity index (χ4v) is 5.50. The SMILES string of the molecule is CNc1ccc(O)cc1CCN(C=O)C1CCN(c2cc(C(=O)N3CCc4ccc(OC)cc43)ncn2)CC1. The molecular weight excluding hydrogens is 496 g/mol. The second-order valence-corrected chi connectivity index (χ2v) is 9.87. The first-order chi connectivity index (χ1) is 19.0. The summed E-state index contributed by atoms with van der Waals surface area (Å²) in [6, 6.07) is 12.9. The minimum Gasteiger partial charge on any atom is -0.508 e. The maximum Gasteiger partial charge on any atom is 0.277 e. The molecule has 0 bridgehead atoms. The van der Waals surface area contributed by atoms with Crippen LogP contribution in [0.15, 0.2) is 48.8 Å². The van der Waals surface area contributed by atoms with Crippen LogP contribution in [0.5, 0.6) is 11.5 Å². The van der Waals surface area contributed by atoms with E-state index in [2.05, 4.69) is 20.2 Å². The van der Waals surface area contributed by atoms with Gasteiger partial charge in [0.1, 0.15) is 29.3 Å². The lowest BCUT2D eigenvalue weighted by atomic mass is 10.0. The molecule has 1 saturated heterocycles. The zero-order chi connectivity index (χ0) is 27.4. The first-order valence-corrected chi connectivity index (χ1v) is 13.3. The zero-order valence-electron chi connectivity index (χ0n) is 22.3. The van der Waals surface area contributed by atoms with Crippen LogP contribution in [-0.4, -0.2) is 78.7 Å². The number of ether oxygens (including phenoxy) is 1. The van der Waals surface area contributed by atoms with Gasteiger partial charge >= 0.3 is 0 Å². The Bertz CT molecular complexity index is 1340. The molecule has 0 atom stereocenters. The second-order valence-electron chi connectivity index (χ2n) is 9.87. The van der Waals surface area contributed by atoms with Gasteiger partial charge in [-0.25, -0.2) is 9.97 Å². The van der Waals surface area contributed by atoms with Crippen molar-refractivity contribution in [2.45, 2.75) is 31.7 Å². The number of phenols is 1. The van der Waals surface area contributed by atoms with Crippen LogP contribution >= 0.6 is 0 Å². The number of hydrogen-bond acceptors (Lipinski definition) is 8. The van der Waals surface area contributed by atoms with E-state index < -0.39 is 0 Å². The van der Waals surface area contributed by atoms with E-state index in [9.17, 15) is 14.7 Å². The highest BCUT2D eigenvalue weighted by atomic mass is 16.5. The minimum absolute atomic E-state index is 0.119. The molecule has 2 aromatic carbocycles. The predicted octanol–water partition coefficient (Wildman–Crippen LogP) is 3.11. The summed E-state index contributed by atoms with van der Waals surface area (Å²) in [6.45, 7) is 2.61. The van der Waals surface area contributed by atoms with Crippen LogP contribution in [0, 0.1) is 0 Å². The number of phenolic OH excluding ortho intramolecular Hbond substituents is 1. The Morgan fingerprint density at radius 2 is 1.97 bits per heavy atom. The molecule has 5 rings (SSSR count). The van der Waals surface area contributed by atoms with Gasteiger partial charge < -0.3 is 29.9 Å². The summed E-state index contributed by atoms with van der Waals surface area (Å²) in [5, 5.41) is 13.0. The molecule has 3 heterocycles. The molecule has 204 valence electrons. The smallest absolute Gasteiger partial charge is 0.277 e. The number of benzene rings is 2.